The van der Waals surface area contributed by atoms with E-state index in [-0.39, 0.29) is 0 Å². The van der Waals surface area contributed by atoms with Crippen molar-refractivity contribution in [2.45, 2.75) is 5.41 Å². The Morgan fingerprint density at radius 1 is 0.667 bits per heavy atom. The maximum absolute atomic E-state index is 9.24. The zero-order valence-electron chi connectivity index (χ0n) is 22.6. The Morgan fingerprint density at radius 2 is 1.19 bits per heavy atom. The molecule has 7 rings (SSSR count). The van der Waals surface area contributed by atoms with E-state index >= 15 is 0 Å². The lowest BCUT2D eigenvalue weighted by atomic mass is 9.62. The van der Waals surface area contributed by atoms with Crippen molar-refractivity contribution in [3.63, 3.8) is 0 Å². The molecule has 0 unspecified atom stereocenters. The topological polar surface area (TPSA) is 44.3 Å². The number of nitriles is 1. The number of aromatic nitrogens is 1. The third-order valence-corrected chi connectivity index (χ3v) is 8.03. The van der Waals surface area contributed by atoms with Gasteiger partial charge in [-0.15, -0.1) is 0 Å². The van der Waals surface area contributed by atoms with Gasteiger partial charge in [0.05, 0.1) is 40.7 Å². The summed E-state index contributed by atoms with van der Waals surface area (Å²) in [4.78, 5) is 10.4. The molecule has 0 bridgehead atoms. The van der Waals surface area contributed by atoms with Crippen molar-refractivity contribution >= 4 is 22.7 Å². The molecule has 1 aromatic heterocycles. The van der Waals surface area contributed by atoms with Crippen molar-refractivity contribution in [2.75, 3.05) is 4.90 Å². The molecule has 0 saturated carbocycles. The number of para-hydroxylation sites is 2. The molecule has 0 N–H and O–H groups in total. The Bertz CT molecular complexity index is 1910. The van der Waals surface area contributed by atoms with Gasteiger partial charge in [0.1, 0.15) is 0 Å². The molecule has 1 aliphatic heterocycles. The smallest absolute Gasteiger partial charge is 0.214 e. The van der Waals surface area contributed by atoms with Crippen LogP contribution in [-0.2, 0) is 5.41 Å². The van der Waals surface area contributed by atoms with Crippen LogP contribution in [-0.4, -0.2) is 4.98 Å². The van der Waals surface area contributed by atoms with E-state index in [9.17, 15) is 5.26 Å². The van der Waals surface area contributed by atoms with Crippen LogP contribution < -0.4 is 4.90 Å². The van der Waals surface area contributed by atoms with E-state index in [4.69, 9.17) is 6.57 Å². The molecule has 0 aliphatic carbocycles. The van der Waals surface area contributed by atoms with Gasteiger partial charge in [-0.2, -0.15) is 5.26 Å². The summed E-state index contributed by atoms with van der Waals surface area (Å²) in [6, 6.07) is 50.6. The number of pyridine rings is 1. The van der Waals surface area contributed by atoms with Crippen LogP contribution in [0, 0.1) is 17.9 Å². The normalized spacial score (nSPS) is 12.9. The fourth-order valence-corrected chi connectivity index (χ4v) is 6.28. The molecule has 5 aromatic carbocycles. The van der Waals surface area contributed by atoms with Gasteiger partial charge in [-0.1, -0.05) is 109 Å². The number of nitrogens with zero attached hydrogens (tertiary/aromatic N) is 4. The first kappa shape index (κ1) is 25.0. The second-order valence-corrected chi connectivity index (χ2v) is 10.2. The van der Waals surface area contributed by atoms with Crippen LogP contribution in [0.4, 0.5) is 22.7 Å². The highest BCUT2D eigenvalue weighted by atomic mass is 15.2. The van der Waals surface area contributed by atoms with Gasteiger partial charge in [0, 0.05) is 11.9 Å². The SMILES string of the molecule is [C-]#[N+]c1cc(C#N)cnc1-c1ccc(N2c3ccccc3C(c3ccccc3)(c3ccccc3)c3ccccc32)cc1. The lowest BCUT2D eigenvalue weighted by Crippen LogP contribution is -2.37. The predicted molar refractivity (Wildman–Crippen MR) is 167 cm³/mol. The van der Waals surface area contributed by atoms with E-state index in [1.165, 1.54) is 28.5 Å². The molecule has 1 aliphatic rings. The maximum atomic E-state index is 9.24. The van der Waals surface area contributed by atoms with Crippen LogP contribution >= 0.6 is 0 Å². The predicted octanol–water partition coefficient (Wildman–Crippen LogP) is 9.34. The minimum atomic E-state index is -0.511. The molecule has 0 saturated heterocycles. The van der Waals surface area contributed by atoms with Crippen molar-refractivity contribution < 1.29 is 0 Å². The number of benzene rings is 5. The van der Waals surface area contributed by atoms with Crippen molar-refractivity contribution in [1.82, 2.24) is 4.98 Å². The average molecular weight is 537 g/mol. The zero-order valence-corrected chi connectivity index (χ0v) is 22.6. The average Bonchev–Trinajstić information content (AvgIpc) is 3.08. The lowest BCUT2D eigenvalue weighted by Gasteiger charge is -2.46. The van der Waals surface area contributed by atoms with Gasteiger partial charge in [-0.05, 0) is 58.1 Å². The molecule has 42 heavy (non-hydrogen) atoms. The summed E-state index contributed by atoms with van der Waals surface area (Å²) >= 11 is 0. The Balaban J connectivity index is 1.45. The summed E-state index contributed by atoms with van der Waals surface area (Å²) < 4.78 is 0. The highest BCUT2D eigenvalue weighted by Crippen LogP contribution is 2.57. The first-order valence-electron chi connectivity index (χ1n) is 13.7. The molecule has 2 heterocycles. The van der Waals surface area contributed by atoms with E-state index in [0.29, 0.717) is 16.9 Å². The van der Waals surface area contributed by atoms with Crippen LogP contribution in [0.3, 0.4) is 0 Å². The first-order chi connectivity index (χ1) is 20.8. The standard InChI is InChI=1S/C38H24N4/c1-40-34-24-27(25-39)26-41-37(34)28-20-22-31(23-21-28)42-35-18-10-8-16-32(35)38(29-12-4-2-5-13-29,30-14-6-3-7-15-30)33-17-9-11-19-36(33)42/h2-24,26H. The summed E-state index contributed by atoms with van der Waals surface area (Å²) in [6.07, 6.45) is 1.52. The summed E-state index contributed by atoms with van der Waals surface area (Å²) in [5.41, 5.74) is 9.68. The lowest BCUT2D eigenvalue weighted by molar-refractivity contribution is 0.731. The number of fused-ring (bicyclic) bond motifs is 2. The summed E-state index contributed by atoms with van der Waals surface area (Å²) in [5, 5.41) is 9.24. The molecule has 0 amide bonds. The van der Waals surface area contributed by atoms with Crippen molar-refractivity contribution in [2.24, 2.45) is 0 Å². The van der Waals surface area contributed by atoms with E-state index in [1.807, 2.05) is 12.1 Å². The summed E-state index contributed by atoms with van der Waals surface area (Å²) in [5.74, 6) is 0. The Kier molecular flexibility index (Phi) is 6.08. The Morgan fingerprint density at radius 3 is 1.71 bits per heavy atom. The van der Waals surface area contributed by atoms with Crippen LogP contribution in [0.5, 0.6) is 0 Å². The fourth-order valence-electron chi connectivity index (χ4n) is 6.28. The molecule has 6 aromatic rings. The third kappa shape index (κ3) is 3.79. The van der Waals surface area contributed by atoms with Gasteiger partial charge in [0.2, 0.25) is 5.69 Å². The van der Waals surface area contributed by atoms with Gasteiger partial charge in [0.15, 0.2) is 0 Å². The first-order valence-corrected chi connectivity index (χ1v) is 13.7. The minimum Gasteiger partial charge on any atom is -0.310 e. The molecule has 4 heteroatoms. The maximum Gasteiger partial charge on any atom is 0.214 e. The highest BCUT2D eigenvalue weighted by molar-refractivity contribution is 5.90. The quantitative estimate of drug-likeness (QED) is 0.211. The van der Waals surface area contributed by atoms with Crippen molar-refractivity contribution in [1.29, 1.82) is 5.26 Å². The molecular formula is C38H24N4. The number of hydrogen-bond donors (Lipinski definition) is 0. The molecule has 4 nitrogen and oxygen atoms in total. The molecular weight excluding hydrogens is 512 g/mol. The van der Waals surface area contributed by atoms with Crippen molar-refractivity contribution in [3.05, 3.63) is 185 Å². The van der Waals surface area contributed by atoms with Crippen LogP contribution in [0.2, 0.25) is 0 Å². The minimum absolute atomic E-state index is 0.367. The van der Waals surface area contributed by atoms with Gasteiger partial charge in [-0.3, -0.25) is 4.98 Å². The van der Waals surface area contributed by atoms with Crippen LogP contribution in [0.15, 0.2) is 146 Å². The third-order valence-electron chi connectivity index (χ3n) is 8.03. The molecule has 0 atom stereocenters. The van der Waals surface area contributed by atoms with E-state index in [0.717, 1.165) is 22.6 Å². The van der Waals surface area contributed by atoms with Crippen LogP contribution in [0.1, 0.15) is 27.8 Å². The Hall–Kier alpha value is -5.97. The number of rotatable bonds is 4. The second kappa shape index (κ2) is 10.2. The van der Waals surface area contributed by atoms with E-state index < -0.39 is 5.41 Å². The molecule has 196 valence electrons. The second-order valence-electron chi connectivity index (χ2n) is 10.2. The fraction of sp³-hybridized carbons (Fsp3) is 0.0263. The van der Waals surface area contributed by atoms with Gasteiger partial charge >= 0.3 is 0 Å². The zero-order chi connectivity index (χ0) is 28.5. The van der Waals surface area contributed by atoms with Crippen LogP contribution in [0.25, 0.3) is 16.1 Å². The molecule has 0 radical (unpaired) electrons. The number of anilines is 3. The summed E-state index contributed by atoms with van der Waals surface area (Å²) in [7, 11) is 0. The van der Waals surface area contributed by atoms with Gasteiger partial charge in [0.25, 0.3) is 0 Å². The number of hydrogen-bond acceptors (Lipinski definition) is 3. The van der Waals surface area contributed by atoms with Crippen molar-refractivity contribution in [3.8, 4) is 17.3 Å². The van der Waals surface area contributed by atoms with E-state index in [2.05, 4.69) is 142 Å². The highest BCUT2D eigenvalue weighted by Gasteiger charge is 2.46. The molecule has 0 spiro atoms. The Labute approximate surface area is 245 Å². The monoisotopic (exact) mass is 536 g/mol. The van der Waals surface area contributed by atoms with E-state index in [1.54, 1.807) is 6.07 Å². The largest absolute Gasteiger partial charge is 0.310 e. The van der Waals surface area contributed by atoms with Gasteiger partial charge < -0.3 is 4.90 Å². The molecule has 0 fully saturated rings. The van der Waals surface area contributed by atoms with Gasteiger partial charge in [-0.25, -0.2) is 4.85 Å². The summed E-state index contributed by atoms with van der Waals surface area (Å²) in [6.45, 7) is 7.62.